The number of sulfonamides is 1. The zero-order valence-electron chi connectivity index (χ0n) is 19.4. The van der Waals surface area contributed by atoms with Crippen molar-refractivity contribution in [3.8, 4) is 0 Å². The van der Waals surface area contributed by atoms with E-state index in [2.05, 4.69) is 30.9 Å². The Kier molecular flexibility index (Phi) is 6.32. The van der Waals surface area contributed by atoms with E-state index in [-0.39, 0.29) is 10.8 Å². The van der Waals surface area contributed by atoms with E-state index < -0.39 is 10.0 Å². The highest BCUT2D eigenvalue weighted by Gasteiger charge is 2.28. The number of fused-ring (bicyclic) bond motifs is 1. The molecule has 0 bridgehead atoms. The van der Waals surface area contributed by atoms with Crippen molar-refractivity contribution in [1.82, 2.24) is 14.2 Å². The van der Waals surface area contributed by atoms with Crippen LogP contribution in [0.15, 0.2) is 41.3 Å². The number of amides is 1. The molecule has 3 heterocycles. The predicted molar refractivity (Wildman–Crippen MR) is 133 cm³/mol. The quantitative estimate of drug-likeness (QED) is 0.548. The molecular weight excluding hydrogens is 472 g/mol. The molecule has 8 nitrogen and oxygen atoms in total. The van der Waals surface area contributed by atoms with Gasteiger partial charge < -0.3 is 14.5 Å². The smallest absolute Gasteiger partial charge is 0.253 e. The number of ether oxygens (including phenoxy) is 1. The number of hydrogen-bond acceptors (Lipinski definition) is 7. The maximum Gasteiger partial charge on any atom is 0.253 e. The molecule has 10 heteroatoms. The number of thiazole rings is 1. The molecule has 0 unspecified atom stereocenters. The normalized spacial score (nSPS) is 17.9. The second-order valence-electron chi connectivity index (χ2n) is 8.75. The third-order valence-electron chi connectivity index (χ3n) is 6.37. The summed E-state index contributed by atoms with van der Waals surface area (Å²) in [4.78, 5) is 22.2. The van der Waals surface area contributed by atoms with Gasteiger partial charge in [0.05, 0.1) is 28.3 Å². The standard InChI is InChI=1S/C24H28N4O4S2/c1-17-15-18(2)22-21(16-17)33-24(25-22)27-9-7-26(8-10-27)23(29)19-3-5-20(6-4-19)34(30,31)28-11-13-32-14-12-28/h3-6,15-16H,7-14H2,1-2H3. The summed E-state index contributed by atoms with van der Waals surface area (Å²) in [7, 11) is -3.57. The van der Waals surface area contributed by atoms with Crippen molar-refractivity contribution in [2.24, 2.45) is 0 Å². The van der Waals surface area contributed by atoms with Crippen molar-refractivity contribution in [2.45, 2.75) is 18.7 Å². The minimum atomic E-state index is -3.57. The lowest BCUT2D eigenvalue weighted by molar-refractivity contribution is 0.0730. The van der Waals surface area contributed by atoms with Crippen LogP contribution in [0, 0.1) is 13.8 Å². The van der Waals surface area contributed by atoms with Gasteiger partial charge in [-0.15, -0.1) is 0 Å². The number of rotatable bonds is 4. The summed E-state index contributed by atoms with van der Waals surface area (Å²) in [5.74, 6) is -0.0780. The zero-order chi connectivity index (χ0) is 23.9. The van der Waals surface area contributed by atoms with Gasteiger partial charge in [0.15, 0.2) is 5.13 Å². The average Bonchev–Trinajstić information content (AvgIpc) is 3.29. The van der Waals surface area contributed by atoms with Crippen LogP contribution >= 0.6 is 11.3 Å². The highest BCUT2D eigenvalue weighted by molar-refractivity contribution is 7.89. The molecule has 5 rings (SSSR count). The Hall–Kier alpha value is -2.53. The first-order chi connectivity index (χ1) is 16.3. The second kappa shape index (κ2) is 9.26. The summed E-state index contributed by atoms with van der Waals surface area (Å²) >= 11 is 1.70. The maximum atomic E-state index is 13.0. The molecular formula is C24H28N4O4S2. The van der Waals surface area contributed by atoms with Crippen molar-refractivity contribution in [2.75, 3.05) is 57.4 Å². The van der Waals surface area contributed by atoms with Crippen molar-refractivity contribution >= 4 is 42.6 Å². The highest BCUT2D eigenvalue weighted by Crippen LogP contribution is 2.32. The monoisotopic (exact) mass is 500 g/mol. The third-order valence-corrected chi connectivity index (χ3v) is 9.34. The number of aromatic nitrogens is 1. The van der Waals surface area contributed by atoms with E-state index in [0.717, 1.165) is 10.6 Å². The van der Waals surface area contributed by atoms with Crippen LogP contribution in [0.5, 0.6) is 0 Å². The van der Waals surface area contributed by atoms with Crippen molar-refractivity contribution in [1.29, 1.82) is 0 Å². The van der Waals surface area contributed by atoms with E-state index in [1.165, 1.54) is 32.3 Å². The van der Waals surface area contributed by atoms with E-state index in [9.17, 15) is 13.2 Å². The predicted octanol–water partition coefficient (Wildman–Crippen LogP) is 2.90. The lowest BCUT2D eigenvalue weighted by Gasteiger charge is -2.34. The number of carbonyl (C=O) groups excluding carboxylic acids is 1. The Morgan fingerprint density at radius 1 is 0.971 bits per heavy atom. The van der Waals surface area contributed by atoms with Crippen LogP contribution in [-0.4, -0.2) is 81.0 Å². The molecule has 2 aromatic carbocycles. The fourth-order valence-corrected chi connectivity index (χ4v) is 7.08. The third kappa shape index (κ3) is 4.43. The minimum Gasteiger partial charge on any atom is -0.379 e. The van der Waals surface area contributed by atoms with Gasteiger partial charge in [-0.2, -0.15) is 4.31 Å². The number of hydrogen-bond donors (Lipinski definition) is 0. The van der Waals surface area contributed by atoms with Crippen LogP contribution in [0.2, 0.25) is 0 Å². The largest absolute Gasteiger partial charge is 0.379 e. The molecule has 0 atom stereocenters. The molecule has 180 valence electrons. The van der Waals surface area contributed by atoms with Crippen LogP contribution in [0.1, 0.15) is 21.5 Å². The summed E-state index contributed by atoms with van der Waals surface area (Å²) in [5, 5.41) is 0.994. The summed E-state index contributed by atoms with van der Waals surface area (Å²) in [6, 6.07) is 10.6. The Balaban J connectivity index is 1.24. The van der Waals surface area contributed by atoms with Gasteiger partial charge in [0, 0.05) is 44.8 Å². The molecule has 3 aromatic rings. The Morgan fingerprint density at radius 2 is 1.65 bits per heavy atom. The van der Waals surface area contributed by atoms with Crippen molar-refractivity contribution < 1.29 is 17.9 Å². The summed E-state index contributed by atoms with van der Waals surface area (Å²) in [6.07, 6.45) is 0. The van der Waals surface area contributed by atoms with Crippen LogP contribution in [0.3, 0.4) is 0 Å². The number of carbonyl (C=O) groups is 1. The molecule has 0 N–H and O–H groups in total. The molecule has 0 radical (unpaired) electrons. The maximum absolute atomic E-state index is 13.0. The van der Waals surface area contributed by atoms with Gasteiger partial charge in [0.1, 0.15) is 0 Å². The highest BCUT2D eigenvalue weighted by atomic mass is 32.2. The van der Waals surface area contributed by atoms with Crippen LogP contribution in [-0.2, 0) is 14.8 Å². The fourth-order valence-electron chi connectivity index (χ4n) is 4.48. The summed E-state index contributed by atoms with van der Waals surface area (Å²) < 4.78 is 33.5. The number of piperazine rings is 1. The number of nitrogens with zero attached hydrogens (tertiary/aromatic N) is 4. The SMILES string of the molecule is Cc1cc(C)c2nc(N3CCN(C(=O)c4ccc(S(=O)(=O)N5CCOCC5)cc4)CC3)sc2c1. The molecule has 1 aromatic heterocycles. The lowest BCUT2D eigenvalue weighted by atomic mass is 10.1. The molecule has 2 saturated heterocycles. The Bertz CT molecular complexity index is 1310. The second-order valence-corrected chi connectivity index (χ2v) is 11.7. The van der Waals surface area contributed by atoms with Crippen molar-refractivity contribution in [3.05, 3.63) is 53.1 Å². The topological polar surface area (TPSA) is 83.1 Å². The first-order valence-electron chi connectivity index (χ1n) is 11.4. The first-order valence-corrected chi connectivity index (χ1v) is 13.7. The van der Waals surface area contributed by atoms with Gasteiger partial charge in [-0.05, 0) is 55.3 Å². The van der Waals surface area contributed by atoms with E-state index in [1.54, 1.807) is 23.5 Å². The summed E-state index contributed by atoms with van der Waals surface area (Å²) in [5.41, 5.74) is 3.97. The molecule has 0 spiro atoms. The van der Waals surface area contributed by atoms with Gasteiger partial charge in [-0.25, -0.2) is 13.4 Å². The Labute approximate surface area is 203 Å². The van der Waals surface area contributed by atoms with Gasteiger partial charge in [-0.1, -0.05) is 17.4 Å². The number of morpholine rings is 1. The number of aryl methyl sites for hydroxylation is 2. The van der Waals surface area contributed by atoms with Crippen LogP contribution < -0.4 is 4.90 Å². The number of benzene rings is 2. The Morgan fingerprint density at radius 3 is 2.32 bits per heavy atom. The zero-order valence-corrected chi connectivity index (χ0v) is 21.0. The molecule has 0 aliphatic carbocycles. The van der Waals surface area contributed by atoms with Gasteiger partial charge in [-0.3, -0.25) is 4.79 Å². The molecule has 2 aliphatic heterocycles. The van der Waals surface area contributed by atoms with E-state index >= 15 is 0 Å². The van der Waals surface area contributed by atoms with Crippen LogP contribution in [0.4, 0.5) is 5.13 Å². The number of anilines is 1. The van der Waals surface area contributed by atoms with E-state index in [1.807, 2.05) is 4.90 Å². The van der Waals surface area contributed by atoms with E-state index in [4.69, 9.17) is 9.72 Å². The molecule has 34 heavy (non-hydrogen) atoms. The van der Waals surface area contributed by atoms with Gasteiger partial charge in [0.2, 0.25) is 10.0 Å². The molecule has 0 saturated carbocycles. The molecule has 2 fully saturated rings. The minimum absolute atomic E-state index is 0.0780. The van der Waals surface area contributed by atoms with Gasteiger partial charge in [0.25, 0.3) is 5.91 Å². The summed E-state index contributed by atoms with van der Waals surface area (Å²) in [6.45, 7) is 8.31. The van der Waals surface area contributed by atoms with Crippen LogP contribution in [0.25, 0.3) is 10.2 Å². The molecule has 2 aliphatic rings. The van der Waals surface area contributed by atoms with E-state index in [0.29, 0.717) is 58.0 Å². The average molecular weight is 501 g/mol. The first kappa shape index (κ1) is 23.2. The fraction of sp³-hybridized carbons (Fsp3) is 0.417. The molecule has 1 amide bonds. The lowest BCUT2D eigenvalue weighted by Crippen LogP contribution is -2.48. The van der Waals surface area contributed by atoms with Gasteiger partial charge >= 0.3 is 0 Å². The van der Waals surface area contributed by atoms with Crippen molar-refractivity contribution in [3.63, 3.8) is 0 Å².